The number of hydrogen-bond donors (Lipinski definition) is 1. The molecule has 1 heterocycles. The molecule has 0 aliphatic heterocycles. The number of rotatable bonds is 2. The minimum Gasteiger partial charge on any atom is -0.330 e. The van der Waals surface area contributed by atoms with Gasteiger partial charge in [0.25, 0.3) is 0 Å². The van der Waals surface area contributed by atoms with Crippen LogP contribution < -0.4 is 0 Å². The van der Waals surface area contributed by atoms with Crippen LogP contribution in [0.1, 0.15) is 0 Å². The lowest BCUT2D eigenvalue weighted by atomic mass is 10.2. The van der Waals surface area contributed by atoms with Crippen molar-refractivity contribution in [3.63, 3.8) is 0 Å². The van der Waals surface area contributed by atoms with Crippen LogP contribution in [0.3, 0.4) is 0 Å². The van der Waals surface area contributed by atoms with Crippen LogP contribution in [0.2, 0.25) is 0 Å². The molecule has 3 rings (SSSR count). The molecule has 0 unspecified atom stereocenters. The first kappa shape index (κ1) is 12.4. The van der Waals surface area contributed by atoms with E-state index in [4.69, 9.17) is 12.2 Å². The number of thioether (sulfide) groups is 1. The van der Waals surface area contributed by atoms with Gasteiger partial charge in [-0.1, -0.05) is 0 Å². The number of aromatic nitrogens is 2. The molecule has 1 N–H and O–H groups in total. The van der Waals surface area contributed by atoms with E-state index in [-0.39, 0.29) is 5.82 Å². The van der Waals surface area contributed by atoms with Crippen molar-refractivity contribution in [2.45, 2.75) is 4.90 Å². The number of H-pyrrole nitrogens is 1. The fourth-order valence-corrected chi connectivity index (χ4v) is 2.79. The van der Waals surface area contributed by atoms with Gasteiger partial charge in [-0.05, 0) is 54.9 Å². The third-order valence-corrected chi connectivity index (χ3v) is 4.00. The minimum atomic E-state index is -0.268. The Balaban J connectivity index is 2.25. The van der Waals surface area contributed by atoms with Gasteiger partial charge < -0.3 is 4.98 Å². The highest BCUT2D eigenvalue weighted by molar-refractivity contribution is 7.98. The van der Waals surface area contributed by atoms with Crippen molar-refractivity contribution < 1.29 is 4.39 Å². The Bertz CT molecular complexity index is 787. The summed E-state index contributed by atoms with van der Waals surface area (Å²) in [6.07, 6.45) is 2.03. The van der Waals surface area contributed by atoms with E-state index >= 15 is 0 Å². The lowest BCUT2D eigenvalue weighted by Gasteiger charge is -2.05. The molecule has 0 amide bonds. The van der Waals surface area contributed by atoms with Gasteiger partial charge in [0.2, 0.25) is 0 Å². The molecule has 0 bridgehead atoms. The van der Waals surface area contributed by atoms with Crippen molar-refractivity contribution in [1.29, 1.82) is 0 Å². The lowest BCUT2D eigenvalue weighted by molar-refractivity contribution is 0.629. The first-order valence-corrected chi connectivity index (χ1v) is 7.37. The Kier molecular flexibility index (Phi) is 3.16. The van der Waals surface area contributed by atoms with Gasteiger partial charge in [0, 0.05) is 16.6 Å². The first-order valence-electron chi connectivity index (χ1n) is 5.74. The van der Waals surface area contributed by atoms with Gasteiger partial charge >= 0.3 is 0 Å². The first-order chi connectivity index (χ1) is 9.19. The highest BCUT2D eigenvalue weighted by atomic mass is 32.2. The normalized spacial score (nSPS) is 11.1. The van der Waals surface area contributed by atoms with Crippen LogP contribution in [-0.2, 0) is 0 Å². The number of hydrogen-bond acceptors (Lipinski definition) is 2. The second kappa shape index (κ2) is 4.83. The monoisotopic (exact) mass is 290 g/mol. The number of nitrogens with zero attached hydrogens (tertiary/aromatic N) is 1. The SMILES string of the molecule is CSc1ccc(-n2c(=S)[nH]c3ccc(F)cc32)cc1. The highest BCUT2D eigenvalue weighted by Gasteiger charge is 2.07. The quantitative estimate of drug-likeness (QED) is 0.552. The molecule has 0 aliphatic rings. The van der Waals surface area contributed by atoms with Gasteiger partial charge in [-0.3, -0.25) is 4.57 Å². The van der Waals surface area contributed by atoms with Gasteiger partial charge in [0.05, 0.1) is 11.0 Å². The van der Waals surface area contributed by atoms with Crippen molar-refractivity contribution in [2.24, 2.45) is 0 Å². The molecule has 2 aromatic carbocycles. The van der Waals surface area contributed by atoms with E-state index in [1.165, 1.54) is 17.0 Å². The number of nitrogens with one attached hydrogen (secondary N) is 1. The van der Waals surface area contributed by atoms with Gasteiger partial charge in [-0.15, -0.1) is 11.8 Å². The van der Waals surface area contributed by atoms with Crippen LogP contribution in [0.25, 0.3) is 16.7 Å². The Morgan fingerprint density at radius 3 is 2.58 bits per heavy atom. The Hall–Kier alpha value is -1.59. The van der Waals surface area contributed by atoms with E-state index in [1.807, 2.05) is 35.1 Å². The Labute approximate surface area is 119 Å². The summed E-state index contributed by atoms with van der Waals surface area (Å²) in [4.78, 5) is 4.27. The third kappa shape index (κ3) is 2.19. The average Bonchev–Trinajstić information content (AvgIpc) is 2.74. The number of benzene rings is 2. The molecular weight excluding hydrogens is 279 g/mol. The van der Waals surface area contributed by atoms with Gasteiger partial charge in [-0.2, -0.15) is 0 Å². The summed E-state index contributed by atoms with van der Waals surface area (Å²) in [7, 11) is 0. The van der Waals surface area contributed by atoms with Crippen LogP contribution in [-0.4, -0.2) is 15.8 Å². The zero-order valence-electron chi connectivity index (χ0n) is 10.2. The number of aromatic amines is 1. The van der Waals surface area contributed by atoms with Crippen molar-refractivity contribution >= 4 is 35.0 Å². The van der Waals surface area contributed by atoms with E-state index in [1.54, 1.807) is 17.8 Å². The number of imidazole rings is 1. The summed E-state index contributed by atoms with van der Waals surface area (Å²) in [6.45, 7) is 0. The van der Waals surface area contributed by atoms with Crippen LogP contribution in [0.15, 0.2) is 47.4 Å². The maximum Gasteiger partial charge on any atom is 0.182 e. The largest absolute Gasteiger partial charge is 0.330 e. The maximum atomic E-state index is 13.4. The molecule has 19 heavy (non-hydrogen) atoms. The summed E-state index contributed by atoms with van der Waals surface area (Å²) >= 11 is 7.00. The van der Waals surface area contributed by atoms with Crippen molar-refractivity contribution in [3.8, 4) is 5.69 Å². The summed E-state index contributed by atoms with van der Waals surface area (Å²) in [6, 6.07) is 12.6. The summed E-state index contributed by atoms with van der Waals surface area (Å²) in [5, 5.41) is 0. The maximum absolute atomic E-state index is 13.4. The predicted octanol–water partition coefficient (Wildman–Crippen LogP) is 4.55. The van der Waals surface area contributed by atoms with E-state index in [2.05, 4.69) is 4.98 Å². The molecular formula is C14H11FN2S2. The molecule has 3 aromatic rings. The Morgan fingerprint density at radius 2 is 1.89 bits per heavy atom. The highest BCUT2D eigenvalue weighted by Crippen LogP contribution is 2.22. The van der Waals surface area contributed by atoms with Gasteiger partial charge in [0.1, 0.15) is 5.82 Å². The standard InChI is InChI=1S/C14H11FN2S2/c1-19-11-5-3-10(4-6-11)17-13-8-9(15)2-7-12(13)16-14(17)18/h2-8H,1H3,(H,16,18). The zero-order chi connectivity index (χ0) is 13.4. The molecule has 0 fully saturated rings. The number of halogens is 1. The minimum absolute atomic E-state index is 0.268. The summed E-state index contributed by atoms with van der Waals surface area (Å²) in [5.41, 5.74) is 2.52. The fourth-order valence-electron chi connectivity index (χ4n) is 2.06. The molecule has 0 aliphatic carbocycles. The summed E-state index contributed by atoms with van der Waals surface area (Å²) < 4.78 is 15.8. The van der Waals surface area contributed by atoms with E-state index in [9.17, 15) is 4.39 Å². The smallest absolute Gasteiger partial charge is 0.182 e. The van der Waals surface area contributed by atoms with E-state index in [0.29, 0.717) is 4.77 Å². The molecule has 96 valence electrons. The van der Waals surface area contributed by atoms with Gasteiger partial charge in [-0.25, -0.2) is 4.39 Å². The van der Waals surface area contributed by atoms with Crippen LogP contribution >= 0.6 is 24.0 Å². The van der Waals surface area contributed by atoms with Crippen LogP contribution in [0, 0.1) is 10.6 Å². The van der Waals surface area contributed by atoms with Crippen LogP contribution in [0.5, 0.6) is 0 Å². The molecule has 1 aromatic heterocycles. The topological polar surface area (TPSA) is 20.7 Å². The lowest BCUT2D eigenvalue weighted by Crippen LogP contribution is -1.93. The average molecular weight is 290 g/mol. The fraction of sp³-hybridized carbons (Fsp3) is 0.0714. The third-order valence-electron chi connectivity index (χ3n) is 2.98. The molecule has 0 radical (unpaired) electrons. The number of fused-ring (bicyclic) bond motifs is 1. The van der Waals surface area contributed by atoms with Crippen molar-refractivity contribution in [3.05, 3.63) is 53.1 Å². The molecule has 0 atom stereocenters. The van der Waals surface area contributed by atoms with Gasteiger partial charge in [0.15, 0.2) is 4.77 Å². The van der Waals surface area contributed by atoms with Crippen molar-refractivity contribution in [1.82, 2.24) is 9.55 Å². The molecule has 0 saturated heterocycles. The zero-order valence-corrected chi connectivity index (χ0v) is 11.8. The van der Waals surface area contributed by atoms with E-state index < -0.39 is 0 Å². The Morgan fingerprint density at radius 1 is 1.16 bits per heavy atom. The second-order valence-electron chi connectivity index (χ2n) is 4.13. The summed E-state index contributed by atoms with van der Waals surface area (Å²) in [5.74, 6) is -0.268. The molecule has 0 spiro atoms. The molecule has 5 heteroatoms. The van der Waals surface area contributed by atoms with Crippen molar-refractivity contribution in [2.75, 3.05) is 6.26 Å². The van der Waals surface area contributed by atoms with E-state index in [0.717, 1.165) is 16.7 Å². The molecule has 2 nitrogen and oxygen atoms in total. The second-order valence-corrected chi connectivity index (χ2v) is 5.39. The predicted molar refractivity (Wildman–Crippen MR) is 80.2 cm³/mol. The molecule has 0 saturated carbocycles. The van der Waals surface area contributed by atoms with Crippen LogP contribution in [0.4, 0.5) is 4.39 Å².